The number of methoxy groups -OCH3 is 2. The Morgan fingerprint density at radius 2 is 1.63 bits per heavy atom. The van der Waals surface area contributed by atoms with E-state index in [2.05, 4.69) is 9.88 Å². The fourth-order valence-corrected chi connectivity index (χ4v) is 5.61. The Morgan fingerprint density at radius 1 is 0.927 bits per heavy atom. The molecule has 0 aliphatic carbocycles. The second kappa shape index (κ2) is 11.8. The predicted molar refractivity (Wildman–Crippen MR) is 162 cm³/mol. The summed E-state index contributed by atoms with van der Waals surface area (Å²) in [5, 5.41) is 3.39. The van der Waals surface area contributed by atoms with Crippen molar-refractivity contribution in [1.29, 1.82) is 0 Å². The molecule has 0 radical (unpaired) electrons. The topological polar surface area (TPSA) is 76.0 Å². The van der Waals surface area contributed by atoms with E-state index >= 15 is 0 Å². The first-order valence-electron chi connectivity index (χ1n) is 13.1. The number of aromatic nitrogens is 1. The highest BCUT2D eigenvalue weighted by Gasteiger charge is 2.39. The third-order valence-electron chi connectivity index (χ3n) is 7.10. The molecule has 212 valence electrons. The van der Waals surface area contributed by atoms with Crippen LogP contribution in [0.1, 0.15) is 31.1 Å². The molecule has 10 heteroatoms. The Balaban J connectivity index is 1.58. The predicted octanol–water partition coefficient (Wildman–Crippen LogP) is 7.18. The Labute approximate surface area is 249 Å². The van der Waals surface area contributed by atoms with Gasteiger partial charge in [-0.2, -0.15) is 0 Å². The molecule has 1 aliphatic heterocycles. The van der Waals surface area contributed by atoms with E-state index in [4.69, 9.17) is 32.7 Å². The monoisotopic (exact) mass is 592 g/mol. The molecule has 0 fully saturated rings. The zero-order valence-corrected chi connectivity index (χ0v) is 24.6. The molecule has 0 saturated carbocycles. The largest absolute Gasteiger partial charge is 0.497 e. The van der Waals surface area contributed by atoms with Crippen LogP contribution >= 0.6 is 23.2 Å². The Kier molecular flexibility index (Phi) is 8.15. The van der Waals surface area contributed by atoms with Gasteiger partial charge in [0.15, 0.2) is 0 Å². The maximum absolute atomic E-state index is 14.4. The number of amides is 3. The Morgan fingerprint density at radius 3 is 2.29 bits per heavy atom. The number of para-hydroxylation sites is 3. The minimum absolute atomic E-state index is 0.205. The molecular weight excluding hydrogens is 563 g/mol. The summed E-state index contributed by atoms with van der Waals surface area (Å²) in [5.41, 5.74) is 3.46. The third-order valence-corrected chi connectivity index (χ3v) is 7.73. The molecule has 0 spiro atoms. The van der Waals surface area contributed by atoms with Crippen molar-refractivity contribution in [1.82, 2.24) is 9.47 Å². The van der Waals surface area contributed by atoms with Gasteiger partial charge in [-0.1, -0.05) is 41.4 Å². The normalized spacial score (nSPS) is 13.8. The number of carbonyl (C=O) groups is 2. The van der Waals surface area contributed by atoms with Crippen LogP contribution in [0.3, 0.4) is 0 Å². The van der Waals surface area contributed by atoms with E-state index in [9.17, 15) is 9.59 Å². The van der Waals surface area contributed by atoms with Gasteiger partial charge in [0, 0.05) is 17.8 Å². The van der Waals surface area contributed by atoms with E-state index in [1.54, 1.807) is 37.3 Å². The standard InChI is InChI=1S/C31H30Cl2N4O4/c1-19(2)36(31(39)34-29-22(32)9-7-10-23(29)33)18-28(38)37-25-12-6-5-11-24(25)35-16-8-13-26(35)30(37)21-17-20(40-3)14-15-27(21)41-4/h5-17,19,30H,18H2,1-4H3,(H,34,39). The molecule has 3 aromatic carbocycles. The number of rotatable bonds is 7. The van der Waals surface area contributed by atoms with Gasteiger partial charge in [0.2, 0.25) is 5.91 Å². The van der Waals surface area contributed by atoms with Gasteiger partial charge >= 0.3 is 6.03 Å². The maximum atomic E-state index is 14.4. The lowest BCUT2D eigenvalue weighted by atomic mass is 9.96. The first-order valence-corrected chi connectivity index (χ1v) is 13.8. The van der Waals surface area contributed by atoms with Gasteiger partial charge in [0.25, 0.3) is 0 Å². The van der Waals surface area contributed by atoms with Gasteiger partial charge < -0.3 is 24.3 Å². The summed E-state index contributed by atoms with van der Waals surface area (Å²) in [6, 6.07) is 20.7. The van der Waals surface area contributed by atoms with Crippen LogP contribution in [-0.2, 0) is 4.79 Å². The van der Waals surface area contributed by atoms with Crippen LogP contribution in [0.4, 0.5) is 16.2 Å². The molecule has 0 bridgehead atoms. The molecule has 1 N–H and O–H groups in total. The van der Waals surface area contributed by atoms with Crippen LogP contribution in [-0.4, -0.2) is 48.2 Å². The number of halogens is 2. The number of urea groups is 1. The minimum atomic E-state index is -0.562. The summed E-state index contributed by atoms with van der Waals surface area (Å²) in [7, 11) is 3.19. The smallest absolute Gasteiger partial charge is 0.322 e. The molecular formula is C31H30Cl2N4O4. The number of ether oxygens (including phenoxy) is 2. The van der Waals surface area contributed by atoms with Crippen molar-refractivity contribution in [3.05, 3.63) is 100 Å². The molecule has 5 rings (SSSR count). The Bertz CT molecular complexity index is 1580. The van der Waals surface area contributed by atoms with Crippen LogP contribution in [0.25, 0.3) is 5.69 Å². The number of carbonyl (C=O) groups excluding carboxylic acids is 2. The van der Waals surface area contributed by atoms with Gasteiger partial charge in [-0.15, -0.1) is 0 Å². The number of fused-ring (bicyclic) bond motifs is 3. The lowest BCUT2D eigenvalue weighted by molar-refractivity contribution is -0.119. The zero-order chi connectivity index (χ0) is 29.3. The molecule has 1 atom stereocenters. The lowest BCUT2D eigenvalue weighted by Gasteiger charge is -2.40. The maximum Gasteiger partial charge on any atom is 0.322 e. The quantitative estimate of drug-likeness (QED) is 0.246. The number of nitrogens with one attached hydrogen (secondary N) is 1. The van der Waals surface area contributed by atoms with E-state index in [0.717, 1.165) is 16.9 Å². The van der Waals surface area contributed by atoms with Crippen molar-refractivity contribution in [3.63, 3.8) is 0 Å². The first-order chi connectivity index (χ1) is 19.7. The second-order valence-electron chi connectivity index (χ2n) is 9.81. The van der Waals surface area contributed by atoms with E-state index in [1.165, 1.54) is 4.90 Å². The fourth-order valence-electron chi connectivity index (χ4n) is 5.12. The minimum Gasteiger partial charge on any atom is -0.497 e. The fraction of sp³-hybridized carbons (Fsp3) is 0.226. The van der Waals surface area contributed by atoms with Crippen molar-refractivity contribution < 1.29 is 19.1 Å². The van der Waals surface area contributed by atoms with Crippen LogP contribution in [0.2, 0.25) is 10.0 Å². The van der Waals surface area contributed by atoms with Crippen LogP contribution in [0.15, 0.2) is 79.0 Å². The van der Waals surface area contributed by atoms with Gasteiger partial charge in [-0.05, 0) is 68.4 Å². The van der Waals surface area contributed by atoms with Crippen molar-refractivity contribution in [2.75, 3.05) is 31.0 Å². The highest BCUT2D eigenvalue weighted by molar-refractivity contribution is 6.39. The number of nitrogens with zero attached hydrogens (tertiary/aromatic N) is 3. The summed E-state index contributed by atoms with van der Waals surface area (Å²) in [4.78, 5) is 31.1. The van der Waals surface area contributed by atoms with E-state index in [-0.39, 0.29) is 18.5 Å². The average Bonchev–Trinajstić information content (AvgIpc) is 3.46. The number of hydrogen-bond acceptors (Lipinski definition) is 4. The zero-order valence-electron chi connectivity index (χ0n) is 23.1. The summed E-state index contributed by atoms with van der Waals surface area (Å²) >= 11 is 12.6. The number of hydrogen-bond donors (Lipinski definition) is 1. The second-order valence-corrected chi connectivity index (χ2v) is 10.6. The van der Waals surface area contributed by atoms with Crippen molar-refractivity contribution >= 4 is 46.5 Å². The van der Waals surface area contributed by atoms with E-state index in [1.807, 2.05) is 74.6 Å². The van der Waals surface area contributed by atoms with E-state index < -0.39 is 12.1 Å². The SMILES string of the molecule is COc1ccc(OC)c(C2c3cccn3-c3ccccc3N2C(=O)CN(C(=O)Nc2c(Cl)cccc2Cl)C(C)C)c1. The van der Waals surface area contributed by atoms with Gasteiger partial charge in [-0.3, -0.25) is 9.69 Å². The van der Waals surface area contributed by atoms with Crippen LogP contribution in [0.5, 0.6) is 11.5 Å². The van der Waals surface area contributed by atoms with Crippen molar-refractivity contribution in [2.45, 2.75) is 25.9 Å². The van der Waals surface area contributed by atoms with Crippen LogP contribution < -0.4 is 19.7 Å². The number of benzene rings is 3. The summed E-state index contributed by atoms with van der Waals surface area (Å²) < 4.78 is 13.3. The van der Waals surface area contributed by atoms with Crippen molar-refractivity contribution in [2.24, 2.45) is 0 Å². The van der Waals surface area contributed by atoms with Gasteiger partial charge in [0.1, 0.15) is 24.1 Å². The molecule has 1 unspecified atom stereocenters. The molecule has 1 aromatic heterocycles. The molecule has 1 aliphatic rings. The summed E-state index contributed by atoms with van der Waals surface area (Å²) in [5.74, 6) is 0.950. The number of anilines is 2. The van der Waals surface area contributed by atoms with Crippen LogP contribution in [0, 0.1) is 0 Å². The molecule has 8 nitrogen and oxygen atoms in total. The molecule has 4 aromatic rings. The lowest BCUT2D eigenvalue weighted by Crippen LogP contribution is -2.49. The summed E-state index contributed by atoms with van der Waals surface area (Å²) in [6.07, 6.45) is 1.97. The van der Waals surface area contributed by atoms with Gasteiger partial charge in [0.05, 0.1) is 47.0 Å². The highest BCUT2D eigenvalue weighted by Crippen LogP contribution is 2.45. The van der Waals surface area contributed by atoms with Crippen molar-refractivity contribution in [3.8, 4) is 17.2 Å². The molecule has 41 heavy (non-hydrogen) atoms. The summed E-state index contributed by atoms with van der Waals surface area (Å²) in [6.45, 7) is 3.49. The van der Waals surface area contributed by atoms with E-state index in [0.29, 0.717) is 32.9 Å². The highest BCUT2D eigenvalue weighted by atomic mass is 35.5. The Hall–Kier alpha value is -4.14. The van der Waals surface area contributed by atoms with Gasteiger partial charge in [-0.25, -0.2) is 4.79 Å². The molecule has 0 saturated heterocycles. The average molecular weight is 594 g/mol. The molecule has 3 amide bonds. The molecule has 2 heterocycles. The third kappa shape index (κ3) is 5.33. The first kappa shape index (κ1) is 28.4.